The van der Waals surface area contributed by atoms with Gasteiger partial charge >= 0.3 is 0 Å². The monoisotopic (exact) mass is 436 g/mol. The third kappa shape index (κ3) is 6.06. The van der Waals surface area contributed by atoms with Crippen molar-refractivity contribution in [2.24, 2.45) is 0 Å². The van der Waals surface area contributed by atoms with Gasteiger partial charge in [0.1, 0.15) is 0 Å². The summed E-state index contributed by atoms with van der Waals surface area (Å²) in [6, 6.07) is 9.05. The van der Waals surface area contributed by atoms with Gasteiger partial charge in [-0.25, -0.2) is 13.1 Å². The first-order valence-corrected chi connectivity index (χ1v) is 13.2. The Hall–Kier alpha value is -1.38. The molecule has 0 bridgehead atoms. The molecule has 3 rings (SSSR count). The minimum absolute atomic E-state index is 0.114. The molecule has 2 aromatic rings. The zero-order valence-corrected chi connectivity index (χ0v) is 19.4. The van der Waals surface area contributed by atoms with Gasteiger partial charge in [-0.15, -0.1) is 10.2 Å². The van der Waals surface area contributed by atoms with Crippen molar-refractivity contribution in [2.45, 2.75) is 69.5 Å². The van der Waals surface area contributed by atoms with Gasteiger partial charge < -0.3 is 0 Å². The SMILES string of the molecule is CC(C)(C)c1ccc(-c2nnc(SCCNS(C)(=O)=O)n2C2CCCCC2)cc1. The van der Waals surface area contributed by atoms with Crippen LogP contribution in [0.2, 0.25) is 0 Å². The van der Waals surface area contributed by atoms with Crippen molar-refractivity contribution in [2.75, 3.05) is 18.6 Å². The minimum Gasteiger partial charge on any atom is -0.299 e. The second-order valence-electron chi connectivity index (χ2n) is 8.81. The van der Waals surface area contributed by atoms with Crippen molar-refractivity contribution in [3.8, 4) is 11.4 Å². The Bertz CT molecular complexity index is 909. The van der Waals surface area contributed by atoms with Gasteiger partial charge in [0.15, 0.2) is 11.0 Å². The van der Waals surface area contributed by atoms with Crippen LogP contribution < -0.4 is 4.72 Å². The maximum absolute atomic E-state index is 11.3. The molecule has 0 spiro atoms. The van der Waals surface area contributed by atoms with Gasteiger partial charge in [0.05, 0.1) is 6.26 Å². The number of thioether (sulfide) groups is 1. The average molecular weight is 437 g/mol. The van der Waals surface area contributed by atoms with Crippen LogP contribution in [0.5, 0.6) is 0 Å². The molecule has 8 heteroatoms. The van der Waals surface area contributed by atoms with Gasteiger partial charge in [-0.2, -0.15) is 0 Å². The van der Waals surface area contributed by atoms with E-state index < -0.39 is 10.0 Å². The standard InChI is InChI=1S/C21H32N4O2S2/c1-21(2,3)17-12-10-16(11-13-17)19-23-24-20(28-15-14-22-29(4,26)27)25(19)18-8-6-5-7-9-18/h10-13,18,22H,5-9,14-15H2,1-4H3. The van der Waals surface area contributed by atoms with Crippen molar-refractivity contribution >= 4 is 21.8 Å². The van der Waals surface area contributed by atoms with E-state index in [-0.39, 0.29) is 5.41 Å². The van der Waals surface area contributed by atoms with E-state index in [0.29, 0.717) is 18.3 Å². The van der Waals surface area contributed by atoms with E-state index in [9.17, 15) is 8.42 Å². The molecule has 0 atom stereocenters. The highest BCUT2D eigenvalue weighted by Gasteiger charge is 2.24. The number of nitrogens with one attached hydrogen (secondary N) is 1. The smallest absolute Gasteiger partial charge is 0.208 e. The number of aromatic nitrogens is 3. The van der Waals surface area contributed by atoms with Gasteiger partial charge in [-0.05, 0) is 23.8 Å². The minimum atomic E-state index is -3.17. The Kier molecular flexibility index (Phi) is 7.06. The Morgan fingerprint density at radius 3 is 2.34 bits per heavy atom. The van der Waals surface area contributed by atoms with Crippen molar-refractivity contribution in [1.82, 2.24) is 19.5 Å². The van der Waals surface area contributed by atoms with Crippen molar-refractivity contribution in [3.05, 3.63) is 29.8 Å². The normalized spacial score (nSPS) is 16.3. The number of hydrogen-bond donors (Lipinski definition) is 1. The van der Waals surface area contributed by atoms with Gasteiger partial charge in [0.2, 0.25) is 10.0 Å². The summed E-state index contributed by atoms with van der Waals surface area (Å²) in [6.07, 6.45) is 7.20. The molecule has 1 saturated carbocycles. The van der Waals surface area contributed by atoms with Gasteiger partial charge in [-0.3, -0.25) is 4.57 Å². The molecular formula is C21H32N4O2S2. The first kappa shape index (κ1) is 22.3. The summed E-state index contributed by atoms with van der Waals surface area (Å²) in [5.41, 5.74) is 2.49. The number of rotatable bonds is 7. The molecule has 160 valence electrons. The van der Waals surface area contributed by atoms with E-state index >= 15 is 0 Å². The summed E-state index contributed by atoms with van der Waals surface area (Å²) >= 11 is 1.57. The fourth-order valence-electron chi connectivity index (χ4n) is 3.73. The summed E-state index contributed by atoms with van der Waals surface area (Å²) in [5.74, 6) is 1.54. The molecule has 1 aliphatic carbocycles. The zero-order chi connectivity index (χ0) is 21.1. The topological polar surface area (TPSA) is 76.9 Å². The molecule has 1 heterocycles. The lowest BCUT2D eigenvalue weighted by Gasteiger charge is -2.26. The van der Waals surface area contributed by atoms with E-state index in [1.807, 2.05) is 0 Å². The molecule has 0 saturated heterocycles. The predicted molar refractivity (Wildman–Crippen MR) is 120 cm³/mol. The Morgan fingerprint density at radius 1 is 1.10 bits per heavy atom. The number of nitrogens with zero attached hydrogens (tertiary/aromatic N) is 3. The van der Waals surface area contributed by atoms with Gasteiger partial charge in [-0.1, -0.05) is 76.1 Å². The van der Waals surface area contributed by atoms with Crippen molar-refractivity contribution in [3.63, 3.8) is 0 Å². The molecule has 1 aliphatic rings. The fraction of sp³-hybridized carbons (Fsp3) is 0.619. The van der Waals surface area contributed by atoms with Crippen molar-refractivity contribution < 1.29 is 8.42 Å². The lowest BCUT2D eigenvalue weighted by atomic mass is 9.86. The molecule has 29 heavy (non-hydrogen) atoms. The first-order valence-electron chi connectivity index (χ1n) is 10.3. The van der Waals surface area contributed by atoms with Crippen LogP contribution in [0, 0.1) is 0 Å². The average Bonchev–Trinajstić information content (AvgIpc) is 3.08. The highest BCUT2D eigenvalue weighted by Crippen LogP contribution is 2.36. The predicted octanol–water partition coefficient (Wildman–Crippen LogP) is 4.39. The molecule has 0 unspecified atom stereocenters. The van der Waals surface area contributed by atoms with Crippen LogP contribution in [0.4, 0.5) is 0 Å². The number of sulfonamides is 1. The van der Waals surface area contributed by atoms with Gasteiger partial charge in [0.25, 0.3) is 0 Å². The van der Waals surface area contributed by atoms with Crippen LogP contribution in [0.1, 0.15) is 64.5 Å². The van der Waals surface area contributed by atoms with Crippen molar-refractivity contribution in [1.29, 1.82) is 0 Å². The molecule has 0 aliphatic heterocycles. The summed E-state index contributed by atoms with van der Waals surface area (Å²) in [6.45, 7) is 7.03. The highest BCUT2D eigenvalue weighted by molar-refractivity contribution is 7.99. The molecule has 0 amide bonds. The lowest BCUT2D eigenvalue weighted by Crippen LogP contribution is -2.24. The second-order valence-corrected chi connectivity index (χ2v) is 11.7. The molecule has 1 aromatic heterocycles. The molecule has 1 N–H and O–H groups in total. The molecule has 1 aromatic carbocycles. The van der Waals surface area contributed by atoms with E-state index in [1.54, 1.807) is 11.8 Å². The number of hydrogen-bond acceptors (Lipinski definition) is 5. The Labute approximate surface area is 178 Å². The third-order valence-corrected chi connectivity index (χ3v) is 6.98. The summed E-state index contributed by atoms with van der Waals surface area (Å²) in [4.78, 5) is 0. The molecular weight excluding hydrogens is 404 g/mol. The van der Waals surface area contributed by atoms with Crippen LogP contribution in [0.3, 0.4) is 0 Å². The largest absolute Gasteiger partial charge is 0.299 e. The fourth-order valence-corrected chi connectivity index (χ4v) is 5.19. The summed E-state index contributed by atoms with van der Waals surface area (Å²) in [5, 5.41) is 9.88. The Balaban J connectivity index is 1.85. The first-order chi connectivity index (χ1) is 13.6. The summed E-state index contributed by atoms with van der Waals surface area (Å²) in [7, 11) is -3.17. The van der Waals surface area contributed by atoms with Crippen LogP contribution in [-0.2, 0) is 15.4 Å². The van der Waals surface area contributed by atoms with E-state index in [4.69, 9.17) is 0 Å². The van der Waals surface area contributed by atoms with Gasteiger partial charge in [0, 0.05) is 23.9 Å². The van der Waals surface area contributed by atoms with Crippen LogP contribution in [0.25, 0.3) is 11.4 Å². The van der Waals surface area contributed by atoms with Crippen LogP contribution in [0.15, 0.2) is 29.4 Å². The summed E-state index contributed by atoms with van der Waals surface area (Å²) < 4.78 is 27.4. The van der Waals surface area contributed by atoms with Crippen LogP contribution >= 0.6 is 11.8 Å². The highest BCUT2D eigenvalue weighted by atomic mass is 32.2. The lowest BCUT2D eigenvalue weighted by molar-refractivity contribution is 0.339. The zero-order valence-electron chi connectivity index (χ0n) is 17.8. The second kappa shape index (κ2) is 9.18. The molecule has 6 nitrogen and oxygen atoms in total. The van der Waals surface area contributed by atoms with Crippen LogP contribution in [-0.4, -0.2) is 41.7 Å². The maximum atomic E-state index is 11.3. The Morgan fingerprint density at radius 2 is 1.76 bits per heavy atom. The van der Waals surface area contributed by atoms with E-state index in [0.717, 1.165) is 29.4 Å². The maximum Gasteiger partial charge on any atom is 0.208 e. The number of benzene rings is 1. The molecule has 0 radical (unpaired) electrons. The van der Waals surface area contributed by atoms with E-state index in [1.165, 1.54) is 31.1 Å². The van der Waals surface area contributed by atoms with E-state index in [2.05, 4.69) is 64.5 Å². The third-order valence-electron chi connectivity index (χ3n) is 5.31. The molecule has 1 fully saturated rings. The quantitative estimate of drug-likeness (QED) is 0.514.